The Kier molecular flexibility index (Phi) is 4.08. The van der Waals surface area contributed by atoms with Gasteiger partial charge >= 0.3 is 6.18 Å². The van der Waals surface area contributed by atoms with Crippen LogP contribution >= 0.6 is 15.9 Å². The Bertz CT molecular complexity index is 676. The summed E-state index contributed by atoms with van der Waals surface area (Å²) in [5, 5.41) is 6.03. The lowest BCUT2D eigenvalue weighted by Crippen LogP contribution is -2.15. The molecule has 0 saturated heterocycles. The van der Waals surface area contributed by atoms with Crippen LogP contribution in [0.3, 0.4) is 0 Å². The van der Waals surface area contributed by atoms with Gasteiger partial charge in [-0.15, -0.1) is 0 Å². The lowest BCUT2D eigenvalue weighted by Gasteiger charge is -2.11. The fourth-order valence-electron chi connectivity index (χ4n) is 1.82. The quantitative estimate of drug-likeness (QED) is 0.865. The number of anilines is 1. The third-order valence-corrected chi connectivity index (χ3v) is 3.48. The normalized spacial score (nSPS) is 11.5. The number of aryl methyl sites for hydroxylation is 2. The largest absolute Gasteiger partial charge is 0.417 e. The van der Waals surface area contributed by atoms with Crippen LogP contribution in [0, 0.1) is 13.8 Å². The molecule has 1 N–H and O–H groups in total. The molecule has 0 spiro atoms. The molecular weight excluding hydrogens is 353 g/mol. The number of rotatable bonds is 2. The van der Waals surface area contributed by atoms with Crippen LogP contribution in [0.1, 0.15) is 27.4 Å². The zero-order valence-corrected chi connectivity index (χ0v) is 12.6. The summed E-state index contributed by atoms with van der Waals surface area (Å²) >= 11 is 2.84. The number of nitrogens with zero attached hydrogens (tertiary/aromatic N) is 1. The van der Waals surface area contributed by atoms with E-state index in [0.29, 0.717) is 11.5 Å². The zero-order chi connectivity index (χ0) is 15.8. The smallest absolute Gasteiger partial charge is 0.361 e. The van der Waals surface area contributed by atoms with Crippen LogP contribution in [-0.4, -0.2) is 11.1 Å². The van der Waals surface area contributed by atoms with E-state index in [1.807, 2.05) is 0 Å². The maximum atomic E-state index is 12.8. The average molecular weight is 363 g/mol. The molecule has 0 aliphatic carbocycles. The van der Waals surface area contributed by atoms with Crippen molar-refractivity contribution in [1.29, 1.82) is 0 Å². The van der Waals surface area contributed by atoms with Gasteiger partial charge in [0.15, 0.2) is 0 Å². The number of benzene rings is 1. The van der Waals surface area contributed by atoms with Gasteiger partial charge in [0.05, 0.1) is 11.3 Å². The van der Waals surface area contributed by atoms with Crippen molar-refractivity contribution < 1.29 is 22.5 Å². The molecule has 112 valence electrons. The topological polar surface area (TPSA) is 55.1 Å². The summed E-state index contributed by atoms with van der Waals surface area (Å²) in [7, 11) is 0. The van der Waals surface area contributed by atoms with Gasteiger partial charge in [-0.25, -0.2) is 0 Å². The van der Waals surface area contributed by atoms with E-state index in [1.54, 1.807) is 13.8 Å². The van der Waals surface area contributed by atoms with Crippen LogP contribution in [0.2, 0.25) is 0 Å². The van der Waals surface area contributed by atoms with E-state index >= 15 is 0 Å². The lowest BCUT2D eigenvalue weighted by molar-refractivity contribution is -0.138. The zero-order valence-electron chi connectivity index (χ0n) is 11.0. The minimum absolute atomic E-state index is 0.0375. The molecule has 0 aliphatic heterocycles. The third kappa shape index (κ3) is 3.26. The number of nitrogens with one attached hydrogen (secondary N) is 1. The molecule has 21 heavy (non-hydrogen) atoms. The van der Waals surface area contributed by atoms with E-state index in [-0.39, 0.29) is 15.7 Å². The van der Waals surface area contributed by atoms with Gasteiger partial charge in [-0.2, -0.15) is 13.2 Å². The Morgan fingerprint density at radius 2 is 2.00 bits per heavy atom. The number of alkyl halides is 3. The van der Waals surface area contributed by atoms with Crippen molar-refractivity contribution in [2.24, 2.45) is 0 Å². The maximum absolute atomic E-state index is 12.8. The molecule has 0 radical (unpaired) electrons. The van der Waals surface area contributed by atoms with Gasteiger partial charge in [0.25, 0.3) is 5.91 Å². The van der Waals surface area contributed by atoms with Crippen LogP contribution in [-0.2, 0) is 6.18 Å². The second-order valence-electron chi connectivity index (χ2n) is 4.35. The highest BCUT2D eigenvalue weighted by atomic mass is 79.9. The van der Waals surface area contributed by atoms with Gasteiger partial charge in [0.1, 0.15) is 11.3 Å². The summed E-state index contributed by atoms with van der Waals surface area (Å²) in [5.41, 5.74) is -0.237. The fraction of sp³-hybridized carbons (Fsp3) is 0.231. The first-order valence-electron chi connectivity index (χ1n) is 5.81. The lowest BCUT2D eigenvalue weighted by atomic mass is 10.1. The van der Waals surface area contributed by atoms with Gasteiger partial charge in [-0.3, -0.25) is 4.79 Å². The fourth-order valence-corrected chi connectivity index (χ4v) is 2.29. The Hall–Kier alpha value is -1.83. The molecular formula is C13H10BrF3N2O2. The van der Waals surface area contributed by atoms with Crippen LogP contribution in [0.4, 0.5) is 18.9 Å². The summed E-state index contributed by atoms with van der Waals surface area (Å²) in [6, 6.07) is 3.46. The van der Waals surface area contributed by atoms with Crippen molar-refractivity contribution in [2.75, 3.05) is 5.32 Å². The van der Waals surface area contributed by atoms with Gasteiger partial charge in [0.2, 0.25) is 0 Å². The number of hydrogen-bond donors (Lipinski definition) is 1. The summed E-state index contributed by atoms with van der Waals surface area (Å²) in [5.74, 6) is -0.264. The Morgan fingerprint density at radius 1 is 1.33 bits per heavy atom. The number of aromatic nitrogens is 1. The number of hydrogen-bond acceptors (Lipinski definition) is 3. The average Bonchev–Trinajstić information content (AvgIpc) is 2.70. The molecule has 0 aliphatic rings. The predicted octanol–water partition coefficient (Wildman–Crippen LogP) is 4.33. The van der Waals surface area contributed by atoms with Crippen molar-refractivity contribution in [3.05, 3.63) is 45.3 Å². The highest BCUT2D eigenvalue weighted by Gasteiger charge is 2.33. The second kappa shape index (κ2) is 5.51. The Labute approximate surface area is 126 Å². The molecule has 2 rings (SSSR count). The van der Waals surface area contributed by atoms with Crippen molar-refractivity contribution in [2.45, 2.75) is 20.0 Å². The van der Waals surface area contributed by atoms with Gasteiger partial charge in [-0.05, 0) is 32.0 Å². The van der Waals surface area contributed by atoms with Crippen molar-refractivity contribution in [3.8, 4) is 0 Å². The molecule has 0 saturated carbocycles. The number of carbonyl (C=O) groups is 1. The minimum atomic E-state index is -4.51. The van der Waals surface area contributed by atoms with Crippen LogP contribution in [0.25, 0.3) is 0 Å². The standard InChI is InChI=1S/C13H10BrF3N2O2/c1-6-11(7(2)21-19-6)12(20)18-8-3-4-10(14)9(5-8)13(15,16)17/h3-5H,1-2H3,(H,18,20). The van der Waals surface area contributed by atoms with E-state index in [0.717, 1.165) is 6.07 Å². The van der Waals surface area contributed by atoms with Crippen LogP contribution in [0.15, 0.2) is 27.2 Å². The molecule has 0 bridgehead atoms. The molecule has 0 fully saturated rings. The molecule has 4 nitrogen and oxygen atoms in total. The Morgan fingerprint density at radius 3 is 2.52 bits per heavy atom. The van der Waals surface area contributed by atoms with Gasteiger partial charge in [0, 0.05) is 10.2 Å². The van der Waals surface area contributed by atoms with E-state index in [9.17, 15) is 18.0 Å². The summed E-state index contributed by atoms with van der Waals surface area (Å²) < 4.78 is 43.2. The number of carbonyl (C=O) groups excluding carboxylic acids is 1. The molecule has 1 aromatic carbocycles. The first-order valence-corrected chi connectivity index (χ1v) is 6.60. The summed E-state index contributed by atoms with van der Waals surface area (Å²) in [4.78, 5) is 12.1. The minimum Gasteiger partial charge on any atom is -0.361 e. The second-order valence-corrected chi connectivity index (χ2v) is 5.20. The molecule has 8 heteroatoms. The Balaban J connectivity index is 2.31. The van der Waals surface area contributed by atoms with E-state index in [4.69, 9.17) is 4.52 Å². The monoisotopic (exact) mass is 362 g/mol. The maximum Gasteiger partial charge on any atom is 0.417 e. The van der Waals surface area contributed by atoms with Crippen LogP contribution < -0.4 is 5.32 Å². The molecule has 0 unspecified atom stereocenters. The SMILES string of the molecule is Cc1noc(C)c1C(=O)Nc1ccc(Br)c(C(F)(F)F)c1. The molecule has 0 atom stereocenters. The number of amides is 1. The summed E-state index contributed by atoms with van der Waals surface area (Å²) in [6.07, 6.45) is -4.51. The molecule has 1 amide bonds. The molecule has 1 aromatic heterocycles. The van der Waals surface area contributed by atoms with Crippen molar-refractivity contribution in [1.82, 2.24) is 5.16 Å². The number of halogens is 4. The first-order chi connectivity index (χ1) is 9.70. The van der Waals surface area contributed by atoms with Crippen LogP contribution in [0.5, 0.6) is 0 Å². The van der Waals surface area contributed by atoms with Crippen molar-refractivity contribution >= 4 is 27.5 Å². The van der Waals surface area contributed by atoms with Gasteiger partial charge in [-0.1, -0.05) is 21.1 Å². The van der Waals surface area contributed by atoms with E-state index in [2.05, 4.69) is 26.4 Å². The summed E-state index contributed by atoms with van der Waals surface area (Å²) in [6.45, 7) is 3.13. The predicted molar refractivity (Wildman–Crippen MR) is 73.1 cm³/mol. The highest BCUT2D eigenvalue weighted by Crippen LogP contribution is 2.36. The van der Waals surface area contributed by atoms with Gasteiger partial charge < -0.3 is 9.84 Å². The molecule has 1 heterocycles. The highest BCUT2D eigenvalue weighted by molar-refractivity contribution is 9.10. The van der Waals surface area contributed by atoms with E-state index < -0.39 is 17.6 Å². The van der Waals surface area contributed by atoms with Crippen molar-refractivity contribution in [3.63, 3.8) is 0 Å². The molecule has 2 aromatic rings. The first kappa shape index (κ1) is 15.6. The third-order valence-electron chi connectivity index (χ3n) is 2.79. The van der Waals surface area contributed by atoms with E-state index in [1.165, 1.54) is 12.1 Å².